The SMILES string of the molecule is S=C(Nc1ccccc1)NC1CCCCC1.c1ccc(CN/C(=N/C2CCCCC2)Nc2ccccc2)cc1. The summed E-state index contributed by atoms with van der Waals surface area (Å²) in [6.45, 7) is 0.784. The van der Waals surface area contributed by atoms with E-state index >= 15 is 0 Å². The third-order valence-electron chi connectivity index (χ3n) is 7.20. The highest BCUT2D eigenvalue weighted by molar-refractivity contribution is 7.80. The maximum atomic E-state index is 5.29. The van der Waals surface area contributed by atoms with Gasteiger partial charge in [-0.05, 0) is 67.7 Å². The van der Waals surface area contributed by atoms with E-state index in [0.29, 0.717) is 12.1 Å². The number of benzene rings is 3. The summed E-state index contributed by atoms with van der Waals surface area (Å²) in [5.41, 5.74) is 3.39. The maximum Gasteiger partial charge on any atom is 0.196 e. The van der Waals surface area contributed by atoms with Crippen molar-refractivity contribution in [2.75, 3.05) is 10.6 Å². The quantitative estimate of drug-likeness (QED) is 0.145. The Hall–Kier alpha value is -3.38. The van der Waals surface area contributed by atoms with Gasteiger partial charge in [-0.15, -0.1) is 0 Å². The monoisotopic (exact) mass is 541 g/mol. The van der Waals surface area contributed by atoms with Crippen LogP contribution in [-0.4, -0.2) is 23.2 Å². The number of anilines is 2. The summed E-state index contributed by atoms with van der Waals surface area (Å²) in [7, 11) is 0. The van der Waals surface area contributed by atoms with Crippen LogP contribution in [0.5, 0.6) is 0 Å². The van der Waals surface area contributed by atoms with Gasteiger partial charge in [-0.1, -0.05) is 105 Å². The number of aliphatic imine (C=N–C) groups is 1. The van der Waals surface area contributed by atoms with Gasteiger partial charge in [-0.3, -0.25) is 0 Å². The highest BCUT2D eigenvalue weighted by atomic mass is 32.1. The van der Waals surface area contributed by atoms with Crippen molar-refractivity contribution >= 4 is 34.7 Å². The van der Waals surface area contributed by atoms with Crippen LogP contribution in [0.1, 0.15) is 69.8 Å². The molecule has 0 atom stereocenters. The van der Waals surface area contributed by atoms with Gasteiger partial charge in [0.25, 0.3) is 0 Å². The lowest BCUT2D eigenvalue weighted by Crippen LogP contribution is -2.38. The second kappa shape index (κ2) is 16.6. The van der Waals surface area contributed by atoms with Crippen LogP contribution < -0.4 is 21.3 Å². The fourth-order valence-corrected chi connectivity index (χ4v) is 5.36. The minimum Gasteiger partial charge on any atom is -0.360 e. The van der Waals surface area contributed by atoms with E-state index in [0.717, 1.165) is 29.0 Å². The molecule has 2 saturated carbocycles. The Bertz CT molecular complexity index is 1110. The standard InChI is InChI=1S/C20H25N3.C13H18N2S/c1-4-10-17(11-5-1)16-21-20(22-18-12-6-2-7-13-18)23-19-14-8-3-9-15-19;16-13(14-11-7-3-1-4-8-11)15-12-9-5-2-6-10-12/h1-2,4-7,10-13,19H,3,8-9,14-16H2,(H2,21,22,23);1,3-4,7-8,12H,2,5-6,9-10H2,(H2,14,15,16). The lowest BCUT2D eigenvalue weighted by Gasteiger charge is -2.24. The van der Waals surface area contributed by atoms with Crippen molar-refractivity contribution in [3.63, 3.8) is 0 Å². The fourth-order valence-electron chi connectivity index (χ4n) is 5.08. The van der Waals surface area contributed by atoms with Gasteiger partial charge in [0.15, 0.2) is 11.1 Å². The molecule has 0 aromatic heterocycles. The molecule has 3 aromatic rings. The summed E-state index contributed by atoms with van der Waals surface area (Å²) >= 11 is 5.29. The third-order valence-corrected chi connectivity index (χ3v) is 7.42. The van der Waals surface area contributed by atoms with Crippen LogP contribution in [0.25, 0.3) is 0 Å². The second-order valence-corrected chi connectivity index (χ2v) is 10.8. The molecule has 3 aromatic carbocycles. The molecule has 0 saturated heterocycles. The number of para-hydroxylation sites is 2. The minimum atomic E-state index is 0.443. The highest BCUT2D eigenvalue weighted by Crippen LogP contribution is 2.21. The number of nitrogens with zero attached hydrogens (tertiary/aromatic N) is 1. The number of hydrogen-bond donors (Lipinski definition) is 4. The molecule has 0 unspecified atom stereocenters. The van der Waals surface area contributed by atoms with Gasteiger partial charge >= 0.3 is 0 Å². The second-order valence-electron chi connectivity index (χ2n) is 10.4. The van der Waals surface area contributed by atoms with Crippen molar-refractivity contribution in [1.29, 1.82) is 0 Å². The molecule has 5 nitrogen and oxygen atoms in total. The van der Waals surface area contributed by atoms with Crippen LogP contribution in [0.15, 0.2) is 96.0 Å². The van der Waals surface area contributed by atoms with Crippen LogP contribution in [0, 0.1) is 0 Å². The number of hydrogen-bond acceptors (Lipinski definition) is 2. The molecule has 0 heterocycles. The summed E-state index contributed by atoms with van der Waals surface area (Å²) in [6, 6.07) is 31.8. The summed E-state index contributed by atoms with van der Waals surface area (Å²) in [5.74, 6) is 0.881. The Kier molecular flexibility index (Phi) is 12.1. The molecule has 0 amide bonds. The van der Waals surface area contributed by atoms with Crippen LogP contribution in [0.3, 0.4) is 0 Å². The number of rotatable bonds is 6. The zero-order valence-electron chi connectivity index (χ0n) is 22.9. The van der Waals surface area contributed by atoms with Crippen LogP contribution in [0.4, 0.5) is 11.4 Å². The summed E-state index contributed by atoms with van der Waals surface area (Å²) < 4.78 is 0. The molecule has 39 heavy (non-hydrogen) atoms. The predicted octanol–water partition coefficient (Wildman–Crippen LogP) is 7.88. The molecule has 2 aliphatic rings. The van der Waals surface area contributed by atoms with Crippen molar-refractivity contribution in [2.24, 2.45) is 4.99 Å². The fraction of sp³-hybridized carbons (Fsp3) is 0.394. The predicted molar refractivity (Wildman–Crippen MR) is 170 cm³/mol. The van der Waals surface area contributed by atoms with Crippen molar-refractivity contribution < 1.29 is 0 Å². The zero-order chi connectivity index (χ0) is 27.0. The first kappa shape index (κ1) is 28.6. The molecule has 0 bridgehead atoms. The van der Waals surface area contributed by atoms with Gasteiger partial charge < -0.3 is 21.3 Å². The van der Waals surface area contributed by atoms with E-state index in [1.807, 2.05) is 54.6 Å². The van der Waals surface area contributed by atoms with Crippen molar-refractivity contribution in [3.8, 4) is 0 Å². The van der Waals surface area contributed by atoms with Gasteiger partial charge in [-0.2, -0.15) is 0 Å². The molecular formula is C33H43N5S. The molecule has 5 rings (SSSR count). The maximum absolute atomic E-state index is 5.29. The lowest BCUT2D eigenvalue weighted by atomic mass is 9.96. The molecule has 2 aliphatic carbocycles. The molecule has 2 fully saturated rings. The Balaban J connectivity index is 0.000000193. The first-order chi connectivity index (χ1) is 19.2. The Morgan fingerprint density at radius 2 is 1.15 bits per heavy atom. The first-order valence-corrected chi connectivity index (χ1v) is 15.0. The number of nitrogens with one attached hydrogen (secondary N) is 4. The van der Waals surface area contributed by atoms with Crippen LogP contribution in [0.2, 0.25) is 0 Å². The molecule has 4 N–H and O–H groups in total. The van der Waals surface area contributed by atoms with E-state index in [4.69, 9.17) is 17.2 Å². The first-order valence-electron chi connectivity index (χ1n) is 14.5. The van der Waals surface area contributed by atoms with Gasteiger partial charge in [0, 0.05) is 24.0 Å². The summed E-state index contributed by atoms with van der Waals surface area (Å²) in [4.78, 5) is 4.94. The normalized spacial score (nSPS) is 16.4. The van der Waals surface area contributed by atoms with E-state index < -0.39 is 0 Å². The van der Waals surface area contributed by atoms with Crippen molar-refractivity contribution in [3.05, 3.63) is 96.6 Å². The molecule has 206 valence electrons. The molecule has 0 spiro atoms. The van der Waals surface area contributed by atoms with E-state index in [2.05, 4.69) is 57.7 Å². The molecule has 6 heteroatoms. The minimum absolute atomic E-state index is 0.443. The third kappa shape index (κ3) is 11.1. The smallest absolute Gasteiger partial charge is 0.196 e. The Morgan fingerprint density at radius 1 is 0.641 bits per heavy atom. The van der Waals surface area contributed by atoms with Crippen LogP contribution in [-0.2, 0) is 6.54 Å². The van der Waals surface area contributed by atoms with Gasteiger partial charge in [0.05, 0.1) is 6.04 Å². The van der Waals surface area contributed by atoms with E-state index in [1.54, 1.807) is 0 Å². The molecular weight excluding hydrogens is 498 g/mol. The Morgan fingerprint density at radius 3 is 1.74 bits per heavy atom. The summed E-state index contributed by atoms with van der Waals surface area (Å²) in [5, 5.41) is 14.3. The Labute approximate surface area is 239 Å². The number of thiocarbonyl (C=S) groups is 1. The van der Waals surface area contributed by atoms with E-state index in [-0.39, 0.29) is 0 Å². The van der Waals surface area contributed by atoms with Gasteiger partial charge in [0.1, 0.15) is 0 Å². The molecule has 0 aliphatic heterocycles. The average molecular weight is 542 g/mol. The van der Waals surface area contributed by atoms with Gasteiger partial charge in [-0.25, -0.2) is 4.99 Å². The van der Waals surface area contributed by atoms with Crippen molar-refractivity contribution in [1.82, 2.24) is 10.6 Å². The summed E-state index contributed by atoms with van der Waals surface area (Å²) in [6.07, 6.45) is 12.9. The van der Waals surface area contributed by atoms with E-state index in [1.165, 1.54) is 69.8 Å². The van der Waals surface area contributed by atoms with Gasteiger partial charge in [0.2, 0.25) is 0 Å². The zero-order valence-corrected chi connectivity index (χ0v) is 23.8. The highest BCUT2D eigenvalue weighted by Gasteiger charge is 2.14. The lowest BCUT2D eigenvalue weighted by molar-refractivity contribution is 0.415. The average Bonchev–Trinajstić information content (AvgIpc) is 2.99. The van der Waals surface area contributed by atoms with E-state index in [9.17, 15) is 0 Å². The largest absolute Gasteiger partial charge is 0.360 e. The van der Waals surface area contributed by atoms with Crippen LogP contribution >= 0.6 is 12.2 Å². The topological polar surface area (TPSA) is 60.5 Å². The van der Waals surface area contributed by atoms with Crippen molar-refractivity contribution in [2.45, 2.75) is 82.8 Å². The number of guanidine groups is 1. The molecule has 0 radical (unpaired) electrons.